The summed E-state index contributed by atoms with van der Waals surface area (Å²) in [5.74, 6) is -0.0124. The van der Waals surface area contributed by atoms with E-state index in [0.29, 0.717) is 16.9 Å². The van der Waals surface area contributed by atoms with Gasteiger partial charge in [0.2, 0.25) is 0 Å². The Morgan fingerprint density at radius 1 is 1.35 bits per heavy atom. The van der Waals surface area contributed by atoms with E-state index in [1.54, 1.807) is 12.1 Å². The molecule has 2 N–H and O–H groups in total. The molecule has 1 fully saturated rings. The van der Waals surface area contributed by atoms with Crippen molar-refractivity contribution >= 4 is 28.7 Å². The van der Waals surface area contributed by atoms with Gasteiger partial charge in [-0.1, -0.05) is 6.42 Å². The van der Waals surface area contributed by atoms with Gasteiger partial charge < -0.3 is 5.32 Å². The lowest BCUT2D eigenvalue weighted by molar-refractivity contribution is 0.0928. The summed E-state index contributed by atoms with van der Waals surface area (Å²) in [7, 11) is 0. The van der Waals surface area contributed by atoms with Gasteiger partial charge >= 0.3 is 0 Å². The average Bonchev–Trinajstić information content (AvgIpc) is 2.94. The minimum absolute atomic E-state index is 0.0124. The lowest BCUT2D eigenvalue weighted by Gasteiger charge is -2.28. The van der Waals surface area contributed by atoms with Crippen molar-refractivity contribution in [1.29, 1.82) is 0 Å². The highest BCUT2D eigenvalue weighted by molar-refractivity contribution is 7.99. The smallest absolute Gasteiger partial charge is 0.251 e. The Kier molecular flexibility index (Phi) is 3.91. The minimum Gasteiger partial charge on any atom is -0.349 e. The van der Waals surface area contributed by atoms with Gasteiger partial charge in [0.1, 0.15) is 11.0 Å². The number of hydrogen-bond acceptors (Lipinski definition) is 4. The molecule has 1 heterocycles. The van der Waals surface area contributed by atoms with Gasteiger partial charge in [-0.25, -0.2) is 0 Å². The lowest BCUT2D eigenvalue weighted by atomic mass is 9.94. The van der Waals surface area contributed by atoms with Crippen molar-refractivity contribution in [2.75, 3.05) is 6.26 Å². The van der Waals surface area contributed by atoms with Crippen LogP contribution in [0, 0.1) is 0 Å². The van der Waals surface area contributed by atoms with E-state index in [-0.39, 0.29) is 5.91 Å². The summed E-state index contributed by atoms with van der Waals surface area (Å²) in [5.41, 5.74) is 2.16. The number of aromatic nitrogens is 3. The third kappa shape index (κ3) is 2.80. The highest BCUT2D eigenvalue weighted by atomic mass is 32.2. The van der Waals surface area contributed by atoms with Crippen LogP contribution in [0.1, 0.15) is 36.0 Å². The van der Waals surface area contributed by atoms with E-state index in [4.69, 9.17) is 0 Å². The van der Waals surface area contributed by atoms with Gasteiger partial charge in [0.05, 0.1) is 0 Å². The topological polar surface area (TPSA) is 70.7 Å². The minimum atomic E-state index is -0.0124. The molecule has 6 heteroatoms. The van der Waals surface area contributed by atoms with Crippen LogP contribution in [0.5, 0.6) is 0 Å². The maximum Gasteiger partial charge on any atom is 0.251 e. The second-order valence-electron chi connectivity index (χ2n) is 5.22. The normalized spacial score (nSPS) is 22.9. The molecule has 2 aromatic rings. The first-order chi connectivity index (χ1) is 9.76. The van der Waals surface area contributed by atoms with E-state index in [9.17, 15) is 4.79 Å². The molecule has 0 saturated heterocycles. The molecule has 0 spiro atoms. The number of thioether (sulfide) groups is 1. The molecule has 106 valence electrons. The number of benzene rings is 1. The van der Waals surface area contributed by atoms with Crippen LogP contribution >= 0.6 is 11.8 Å². The maximum absolute atomic E-state index is 12.3. The number of amides is 1. The van der Waals surface area contributed by atoms with Crippen LogP contribution < -0.4 is 5.32 Å². The summed E-state index contributed by atoms with van der Waals surface area (Å²) in [5, 5.41) is 14.4. The van der Waals surface area contributed by atoms with E-state index in [0.717, 1.165) is 23.9 Å². The SMILES string of the molecule is CS[C@H]1CCC[C@@H](NC(=O)c2ccc3n[nH]nc3c2)C1. The second kappa shape index (κ2) is 5.83. The van der Waals surface area contributed by atoms with E-state index in [1.807, 2.05) is 17.8 Å². The number of rotatable bonds is 3. The zero-order valence-corrected chi connectivity index (χ0v) is 12.2. The first-order valence-electron chi connectivity index (χ1n) is 6.90. The van der Waals surface area contributed by atoms with Crippen molar-refractivity contribution in [1.82, 2.24) is 20.7 Å². The second-order valence-corrected chi connectivity index (χ2v) is 6.36. The van der Waals surface area contributed by atoms with Crippen LogP contribution in [-0.4, -0.2) is 38.9 Å². The summed E-state index contributed by atoms with van der Waals surface area (Å²) in [6, 6.07) is 5.69. The number of carbonyl (C=O) groups is 1. The van der Waals surface area contributed by atoms with Crippen LogP contribution in [0.15, 0.2) is 18.2 Å². The number of nitrogens with zero attached hydrogens (tertiary/aromatic N) is 2. The van der Waals surface area contributed by atoms with E-state index in [2.05, 4.69) is 27.0 Å². The van der Waals surface area contributed by atoms with Crippen LogP contribution in [0.3, 0.4) is 0 Å². The molecule has 1 aliphatic carbocycles. The van der Waals surface area contributed by atoms with E-state index in [1.165, 1.54) is 12.8 Å². The van der Waals surface area contributed by atoms with Crippen LogP contribution in [0.4, 0.5) is 0 Å². The number of carbonyl (C=O) groups excluding carboxylic acids is 1. The Morgan fingerprint density at radius 2 is 2.20 bits per heavy atom. The largest absolute Gasteiger partial charge is 0.349 e. The van der Waals surface area contributed by atoms with Gasteiger partial charge in [-0.15, -0.1) is 0 Å². The third-order valence-corrected chi connectivity index (χ3v) is 4.97. The predicted molar refractivity (Wildman–Crippen MR) is 80.9 cm³/mol. The Bertz CT molecular complexity index is 612. The third-order valence-electron chi connectivity index (χ3n) is 3.87. The van der Waals surface area contributed by atoms with Crippen LogP contribution in [0.25, 0.3) is 11.0 Å². The number of hydrogen-bond donors (Lipinski definition) is 2. The van der Waals surface area contributed by atoms with Crippen molar-refractivity contribution in [3.05, 3.63) is 23.8 Å². The molecule has 2 atom stereocenters. The molecular weight excluding hydrogens is 272 g/mol. The quantitative estimate of drug-likeness (QED) is 0.910. The molecule has 1 aromatic heterocycles. The molecule has 0 aliphatic heterocycles. The molecule has 3 rings (SSSR count). The van der Waals surface area contributed by atoms with Crippen molar-refractivity contribution in [3.8, 4) is 0 Å². The molecule has 0 unspecified atom stereocenters. The summed E-state index contributed by atoms with van der Waals surface area (Å²) in [4.78, 5) is 12.3. The van der Waals surface area contributed by atoms with Gasteiger partial charge in [-0.05, 0) is 43.7 Å². The number of aromatic amines is 1. The van der Waals surface area contributed by atoms with Gasteiger partial charge in [-0.3, -0.25) is 4.79 Å². The van der Waals surface area contributed by atoms with Gasteiger partial charge in [-0.2, -0.15) is 27.2 Å². The standard InChI is InChI=1S/C14H18N4OS/c1-20-11-4-2-3-10(8-11)15-14(19)9-5-6-12-13(7-9)17-18-16-12/h5-7,10-11H,2-4,8H2,1H3,(H,15,19)(H,16,17,18)/t10-,11+/m1/s1. The fraction of sp³-hybridized carbons (Fsp3) is 0.500. The van der Waals surface area contributed by atoms with Crippen LogP contribution in [0.2, 0.25) is 0 Å². The van der Waals surface area contributed by atoms with E-state index >= 15 is 0 Å². The molecule has 1 aromatic carbocycles. The first kappa shape index (κ1) is 13.4. The Balaban J connectivity index is 1.69. The van der Waals surface area contributed by atoms with E-state index < -0.39 is 0 Å². The number of fused-ring (bicyclic) bond motifs is 1. The van der Waals surface area contributed by atoms with Gasteiger partial charge in [0, 0.05) is 16.9 Å². The van der Waals surface area contributed by atoms with Gasteiger partial charge in [0.15, 0.2) is 0 Å². The van der Waals surface area contributed by atoms with Gasteiger partial charge in [0.25, 0.3) is 5.91 Å². The summed E-state index contributed by atoms with van der Waals surface area (Å²) >= 11 is 1.90. The molecule has 1 saturated carbocycles. The lowest BCUT2D eigenvalue weighted by Crippen LogP contribution is -2.39. The van der Waals surface area contributed by atoms with Crippen molar-refractivity contribution < 1.29 is 4.79 Å². The molecule has 20 heavy (non-hydrogen) atoms. The van der Waals surface area contributed by atoms with Crippen LogP contribution in [-0.2, 0) is 0 Å². The zero-order chi connectivity index (χ0) is 13.9. The summed E-state index contributed by atoms with van der Waals surface area (Å²) in [6.07, 6.45) is 6.75. The molecule has 1 aliphatic rings. The average molecular weight is 290 g/mol. The predicted octanol–water partition coefficient (Wildman–Crippen LogP) is 2.36. The number of nitrogens with one attached hydrogen (secondary N) is 2. The highest BCUT2D eigenvalue weighted by Crippen LogP contribution is 2.27. The van der Waals surface area contributed by atoms with Crippen molar-refractivity contribution in [3.63, 3.8) is 0 Å². The van der Waals surface area contributed by atoms with Crippen molar-refractivity contribution in [2.24, 2.45) is 0 Å². The fourth-order valence-electron chi connectivity index (χ4n) is 2.74. The molecule has 5 nitrogen and oxygen atoms in total. The monoisotopic (exact) mass is 290 g/mol. The van der Waals surface area contributed by atoms with Crippen molar-refractivity contribution in [2.45, 2.75) is 37.0 Å². The Labute approximate surface area is 121 Å². The first-order valence-corrected chi connectivity index (χ1v) is 8.19. The highest BCUT2D eigenvalue weighted by Gasteiger charge is 2.23. The summed E-state index contributed by atoms with van der Waals surface area (Å²) < 4.78 is 0. The molecule has 0 bridgehead atoms. The Morgan fingerprint density at radius 3 is 3.05 bits per heavy atom. The fourth-order valence-corrected chi connectivity index (χ4v) is 3.57. The molecule has 0 radical (unpaired) electrons. The zero-order valence-electron chi connectivity index (χ0n) is 11.4. The molecule has 1 amide bonds. The maximum atomic E-state index is 12.3. The Hall–Kier alpha value is -1.56. The molecular formula is C14H18N4OS. The number of H-pyrrole nitrogens is 1. The summed E-state index contributed by atoms with van der Waals surface area (Å²) in [6.45, 7) is 0.